The van der Waals surface area contributed by atoms with Gasteiger partial charge in [-0.05, 0) is 38.0 Å². The minimum atomic E-state index is 0.863. The quantitative estimate of drug-likeness (QED) is 0.658. The van der Waals surface area contributed by atoms with E-state index in [1.54, 1.807) is 0 Å². The average Bonchev–Trinajstić information content (AvgIpc) is 2.00. The van der Waals surface area contributed by atoms with Crippen LogP contribution in [0.15, 0.2) is 12.1 Å². The molecule has 0 bridgehead atoms. The van der Waals surface area contributed by atoms with E-state index in [-0.39, 0.29) is 0 Å². The molecular formula is C10H16N2. The second kappa shape index (κ2) is 3.48. The highest BCUT2D eigenvalue weighted by Gasteiger charge is 2.01. The Hall–Kier alpha value is -1.18. The molecule has 0 saturated heterocycles. The lowest BCUT2D eigenvalue weighted by Gasteiger charge is -2.10. The van der Waals surface area contributed by atoms with Crippen molar-refractivity contribution in [1.82, 2.24) is 0 Å². The van der Waals surface area contributed by atoms with Crippen molar-refractivity contribution in [3.05, 3.63) is 23.3 Å². The molecule has 3 N–H and O–H groups in total. The summed E-state index contributed by atoms with van der Waals surface area (Å²) < 4.78 is 0. The van der Waals surface area contributed by atoms with Crippen LogP contribution in [0, 0.1) is 13.8 Å². The molecule has 0 radical (unpaired) electrons. The molecule has 2 heteroatoms. The van der Waals surface area contributed by atoms with Crippen LogP contribution in [0.2, 0.25) is 0 Å². The van der Waals surface area contributed by atoms with E-state index in [1.165, 1.54) is 5.56 Å². The molecule has 0 amide bonds. The molecule has 0 unspecified atom stereocenters. The maximum atomic E-state index is 5.88. The van der Waals surface area contributed by atoms with Gasteiger partial charge in [0.1, 0.15) is 0 Å². The predicted octanol–water partition coefficient (Wildman–Crippen LogP) is 2.32. The number of nitrogen functional groups attached to an aromatic ring is 1. The Labute approximate surface area is 73.8 Å². The molecule has 0 saturated carbocycles. The van der Waals surface area contributed by atoms with E-state index in [1.807, 2.05) is 6.92 Å². The SMILES string of the molecule is CCNc1cc(C)cc(C)c1N. The van der Waals surface area contributed by atoms with Gasteiger partial charge in [0.2, 0.25) is 0 Å². The lowest BCUT2D eigenvalue weighted by Crippen LogP contribution is -2.02. The van der Waals surface area contributed by atoms with Gasteiger partial charge in [0.15, 0.2) is 0 Å². The van der Waals surface area contributed by atoms with Crippen LogP contribution in [0.3, 0.4) is 0 Å². The maximum Gasteiger partial charge on any atom is 0.0579 e. The molecule has 0 atom stereocenters. The largest absolute Gasteiger partial charge is 0.397 e. The highest BCUT2D eigenvalue weighted by Crippen LogP contribution is 2.23. The molecule has 0 aliphatic heterocycles. The zero-order chi connectivity index (χ0) is 9.14. The molecule has 2 nitrogen and oxygen atoms in total. The van der Waals surface area contributed by atoms with Crippen molar-refractivity contribution in [3.8, 4) is 0 Å². The first-order valence-corrected chi connectivity index (χ1v) is 4.25. The fourth-order valence-corrected chi connectivity index (χ4v) is 1.32. The maximum absolute atomic E-state index is 5.88. The summed E-state index contributed by atoms with van der Waals surface area (Å²) >= 11 is 0. The van der Waals surface area contributed by atoms with Gasteiger partial charge in [-0.25, -0.2) is 0 Å². The third-order valence-electron chi connectivity index (χ3n) is 1.90. The van der Waals surface area contributed by atoms with Crippen LogP contribution >= 0.6 is 0 Å². The van der Waals surface area contributed by atoms with Gasteiger partial charge >= 0.3 is 0 Å². The van der Waals surface area contributed by atoms with E-state index in [4.69, 9.17) is 5.73 Å². The molecule has 12 heavy (non-hydrogen) atoms. The monoisotopic (exact) mass is 164 g/mol. The number of benzene rings is 1. The fraction of sp³-hybridized carbons (Fsp3) is 0.400. The minimum absolute atomic E-state index is 0.863. The van der Waals surface area contributed by atoms with E-state index in [0.717, 1.165) is 23.5 Å². The van der Waals surface area contributed by atoms with Gasteiger partial charge in [0, 0.05) is 6.54 Å². The zero-order valence-electron chi connectivity index (χ0n) is 7.94. The van der Waals surface area contributed by atoms with Gasteiger partial charge < -0.3 is 11.1 Å². The van der Waals surface area contributed by atoms with Crippen molar-refractivity contribution < 1.29 is 0 Å². The van der Waals surface area contributed by atoms with Crippen molar-refractivity contribution in [2.24, 2.45) is 0 Å². The number of hydrogen-bond donors (Lipinski definition) is 2. The van der Waals surface area contributed by atoms with E-state index < -0.39 is 0 Å². The number of aryl methyl sites for hydroxylation is 2. The predicted molar refractivity (Wildman–Crippen MR) is 54.5 cm³/mol. The minimum Gasteiger partial charge on any atom is -0.397 e. The Morgan fingerprint density at radius 1 is 1.33 bits per heavy atom. The zero-order valence-corrected chi connectivity index (χ0v) is 7.94. The Morgan fingerprint density at radius 2 is 2.00 bits per heavy atom. The number of hydrogen-bond acceptors (Lipinski definition) is 2. The molecule has 1 rings (SSSR count). The third-order valence-corrected chi connectivity index (χ3v) is 1.90. The number of nitrogens with two attached hydrogens (primary N) is 1. The van der Waals surface area contributed by atoms with Gasteiger partial charge in [0.05, 0.1) is 11.4 Å². The first-order chi connectivity index (χ1) is 5.65. The van der Waals surface area contributed by atoms with E-state index in [0.29, 0.717) is 0 Å². The summed E-state index contributed by atoms with van der Waals surface area (Å²) in [6, 6.07) is 4.17. The van der Waals surface area contributed by atoms with Crippen LogP contribution in [-0.2, 0) is 0 Å². The number of anilines is 2. The smallest absolute Gasteiger partial charge is 0.0579 e. The lowest BCUT2D eigenvalue weighted by molar-refractivity contribution is 1.20. The molecule has 0 spiro atoms. The van der Waals surface area contributed by atoms with Crippen LogP contribution < -0.4 is 11.1 Å². The van der Waals surface area contributed by atoms with Gasteiger partial charge in [0.25, 0.3) is 0 Å². The van der Waals surface area contributed by atoms with E-state index in [2.05, 4.69) is 31.3 Å². The van der Waals surface area contributed by atoms with Crippen molar-refractivity contribution in [3.63, 3.8) is 0 Å². The van der Waals surface area contributed by atoms with Crippen molar-refractivity contribution in [2.75, 3.05) is 17.6 Å². The molecule has 0 aromatic heterocycles. The van der Waals surface area contributed by atoms with Crippen LogP contribution in [0.5, 0.6) is 0 Å². The molecule has 1 aromatic carbocycles. The van der Waals surface area contributed by atoms with E-state index >= 15 is 0 Å². The topological polar surface area (TPSA) is 38.0 Å². The fourth-order valence-electron chi connectivity index (χ4n) is 1.32. The Kier molecular flexibility index (Phi) is 2.58. The first kappa shape index (κ1) is 8.91. The highest BCUT2D eigenvalue weighted by molar-refractivity contribution is 5.70. The van der Waals surface area contributed by atoms with Gasteiger partial charge in [-0.2, -0.15) is 0 Å². The first-order valence-electron chi connectivity index (χ1n) is 4.25. The molecule has 0 aliphatic rings. The van der Waals surface area contributed by atoms with Crippen LogP contribution in [0.1, 0.15) is 18.1 Å². The molecule has 0 aliphatic carbocycles. The van der Waals surface area contributed by atoms with E-state index in [9.17, 15) is 0 Å². The molecular weight excluding hydrogens is 148 g/mol. The van der Waals surface area contributed by atoms with Gasteiger partial charge in [-0.3, -0.25) is 0 Å². The van der Waals surface area contributed by atoms with Crippen LogP contribution in [0.4, 0.5) is 11.4 Å². The van der Waals surface area contributed by atoms with Crippen LogP contribution in [0.25, 0.3) is 0 Å². The number of nitrogens with one attached hydrogen (secondary N) is 1. The standard InChI is InChI=1S/C10H16N2/c1-4-12-9-6-7(2)5-8(3)10(9)11/h5-6,12H,4,11H2,1-3H3. The number of rotatable bonds is 2. The summed E-state index contributed by atoms with van der Waals surface area (Å²) in [4.78, 5) is 0. The molecule has 0 fully saturated rings. The van der Waals surface area contributed by atoms with Gasteiger partial charge in [-0.1, -0.05) is 6.07 Å². The summed E-state index contributed by atoms with van der Waals surface area (Å²) in [5.41, 5.74) is 10.2. The Balaban J connectivity index is 3.09. The summed E-state index contributed by atoms with van der Waals surface area (Å²) in [5, 5.41) is 3.23. The Morgan fingerprint density at radius 3 is 2.58 bits per heavy atom. The summed E-state index contributed by atoms with van der Waals surface area (Å²) in [6.45, 7) is 7.08. The molecule has 1 aromatic rings. The second-order valence-electron chi connectivity index (χ2n) is 3.07. The van der Waals surface area contributed by atoms with Gasteiger partial charge in [-0.15, -0.1) is 0 Å². The molecule has 0 heterocycles. The van der Waals surface area contributed by atoms with Crippen LogP contribution in [-0.4, -0.2) is 6.54 Å². The average molecular weight is 164 g/mol. The normalized spacial score (nSPS) is 9.92. The summed E-state index contributed by atoms with van der Waals surface area (Å²) in [6.07, 6.45) is 0. The van der Waals surface area contributed by atoms with Crippen molar-refractivity contribution in [2.45, 2.75) is 20.8 Å². The summed E-state index contributed by atoms with van der Waals surface area (Å²) in [7, 11) is 0. The summed E-state index contributed by atoms with van der Waals surface area (Å²) in [5.74, 6) is 0. The third kappa shape index (κ3) is 1.70. The molecule has 66 valence electrons. The Bertz CT molecular complexity index is 279. The second-order valence-corrected chi connectivity index (χ2v) is 3.07. The highest BCUT2D eigenvalue weighted by atomic mass is 14.9. The van der Waals surface area contributed by atoms with Crippen molar-refractivity contribution in [1.29, 1.82) is 0 Å². The van der Waals surface area contributed by atoms with Crippen molar-refractivity contribution >= 4 is 11.4 Å². The lowest BCUT2D eigenvalue weighted by atomic mass is 10.1.